The largest absolute Gasteiger partial charge is 0.483 e. The first-order valence-corrected chi connectivity index (χ1v) is 9.20. The van der Waals surface area contributed by atoms with Crippen molar-refractivity contribution in [3.8, 4) is 5.75 Å². The van der Waals surface area contributed by atoms with Crippen molar-refractivity contribution in [2.24, 2.45) is 0 Å². The minimum Gasteiger partial charge on any atom is -0.483 e. The second kappa shape index (κ2) is 8.92. The molecule has 1 aromatic heterocycles. The summed E-state index contributed by atoms with van der Waals surface area (Å²) in [6, 6.07) is 16.7. The van der Waals surface area contributed by atoms with Crippen LogP contribution in [0.25, 0.3) is 0 Å². The summed E-state index contributed by atoms with van der Waals surface area (Å²) in [5.41, 5.74) is 0.725. The van der Waals surface area contributed by atoms with Gasteiger partial charge in [-0.25, -0.2) is 0 Å². The van der Waals surface area contributed by atoms with E-state index in [4.69, 9.17) is 4.74 Å². The number of carbonyl (C=O) groups excluding carboxylic acids is 2. The highest BCUT2D eigenvalue weighted by Crippen LogP contribution is 2.26. The van der Waals surface area contributed by atoms with Crippen molar-refractivity contribution >= 4 is 29.2 Å². The number of rotatable bonds is 8. The van der Waals surface area contributed by atoms with Gasteiger partial charge in [-0.05, 0) is 23.1 Å². The Labute approximate surface area is 164 Å². The summed E-state index contributed by atoms with van der Waals surface area (Å²) in [4.78, 5) is 34.8. The molecule has 3 aromatic rings. The first kappa shape index (κ1) is 19.2. The highest BCUT2D eigenvalue weighted by Gasteiger charge is 2.19. The number of thiophene rings is 1. The van der Waals surface area contributed by atoms with Gasteiger partial charge in [0.15, 0.2) is 12.9 Å². The summed E-state index contributed by atoms with van der Waals surface area (Å²) < 4.78 is 5.42. The Bertz CT molecular complexity index is 974. The normalized spacial score (nSPS) is 11.4. The Morgan fingerprint density at radius 3 is 2.61 bits per heavy atom. The van der Waals surface area contributed by atoms with Gasteiger partial charge in [-0.15, -0.1) is 11.3 Å². The molecule has 0 bridgehead atoms. The molecule has 1 atom stereocenters. The summed E-state index contributed by atoms with van der Waals surface area (Å²) in [6.45, 7) is -0.326. The van der Waals surface area contributed by atoms with Crippen LogP contribution >= 0.6 is 11.3 Å². The quantitative estimate of drug-likeness (QED) is 0.355. The lowest BCUT2D eigenvalue weighted by molar-refractivity contribution is -0.384. The first-order valence-electron chi connectivity index (χ1n) is 8.32. The number of benzene rings is 2. The van der Waals surface area contributed by atoms with E-state index in [0.29, 0.717) is 6.29 Å². The van der Waals surface area contributed by atoms with E-state index in [1.165, 1.54) is 23.5 Å². The zero-order valence-electron chi connectivity index (χ0n) is 14.6. The van der Waals surface area contributed by atoms with Crippen LogP contribution in [0.15, 0.2) is 66.0 Å². The molecule has 3 rings (SSSR count). The molecule has 1 heterocycles. The number of hydrogen-bond donors (Lipinski definition) is 1. The van der Waals surface area contributed by atoms with Crippen molar-refractivity contribution in [2.45, 2.75) is 6.04 Å². The predicted octanol–water partition coefficient (Wildman–Crippen LogP) is 3.75. The number of nitrogens with one attached hydrogen (secondary N) is 1. The van der Waals surface area contributed by atoms with Crippen molar-refractivity contribution in [3.05, 3.63) is 92.2 Å². The third-order valence-electron chi connectivity index (χ3n) is 3.96. The molecule has 1 N–H and O–H groups in total. The fourth-order valence-corrected chi connectivity index (χ4v) is 3.44. The van der Waals surface area contributed by atoms with Gasteiger partial charge in [-0.1, -0.05) is 36.4 Å². The molecule has 28 heavy (non-hydrogen) atoms. The molecule has 142 valence electrons. The van der Waals surface area contributed by atoms with Crippen LogP contribution in [-0.4, -0.2) is 23.7 Å². The zero-order chi connectivity index (χ0) is 19.9. The van der Waals surface area contributed by atoms with E-state index in [2.05, 4.69) is 5.32 Å². The van der Waals surface area contributed by atoms with Crippen molar-refractivity contribution in [3.63, 3.8) is 0 Å². The van der Waals surface area contributed by atoms with Gasteiger partial charge in [0, 0.05) is 17.0 Å². The van der Waals surface area contributed by atoms with Gasteiger partial charge in [-0.2, -0.15) is 0 Å². The van der Waals surface area contributed by atoms with Gasteiger partial charge in [0.1, 0.15) is 5.75 Å². The molecule has 1 amide bonds. The van der Waals surface area contributed by atoms with Crippen LogP contribution in [0.3, 0.4) is 0 Å². The number of aldehydes is 1. The van der Waals surface area contributed by atoms with Gasteiger partial charge in [-0.3, -0.25) is 19.7 Å². The molecule has 0 saturated heterocycles. The molecule has 0 fully saturated rings. The van der Waals surface area contributed by atoms with Crippen LogP contribution < -0.4 is 10.1 Å². The molecule has 0 aliphatic heterocycles. The van der Waals surface area contributed by atoms with Crippen LogP contribution in [0.5, 0.6) is 5.75 Å². The monoisotopic (exact) mass is 396 g/mol. The lowest BCUT2D eigenvalue weighted by Gasteiger charge is -2.18. The minimum atomic E-state index is -0.602. The molecular formula is C20H16N2O5S. The van der Waals surface area contributed by atoms with E-state index in [1.807, 2.05) is 47.8 Å². The number of nitro benzene ring substituents is 1. The number of non-ortho nitro benzene ring substituents is 1. The smallest absolute Gasteiger partial charge is 0.270 e. The summed E-state index contributed by atoms with van der Waals surface area (Å²) >= 11 is 1.53. The first-order chi connectivity index (χ1) is 13.6. The Balaban J connectivity index is 1.71. The number of nitrogens with zero attached hydrogens (tertiary/aromatic N) is 1. The van der Waals surface area contributed by atoms with Crippen molar-refractivity contribution in [1.82, 2.24) is 5.32 Å². The van der Waals surface area contributed by atoms with Crippen LogP contribution in [-0.2, 0) is 4.79 Å². The number of carbonyl (C=O) groups is 2. The maximum absolute atomic E-state index is 12.4. The van der Waals surface area contributed by atoms with Crippen molar-refractivity contribution in [1.29, 1.82) is 0 Å². The van der Waals surface area contributed by atoms with Crippen LogP contribution in [0, 0.1) is 10.1 Å². The van der Waals surface area contributed by atoms with Gasteiger partial charge in [0.25, 0.3) is 11.6 Å². The third-order valence-corrected chi connectivity index (χ3v) is 4.89. The van der Waals surface area contributed by atoms with Crippen LogP contribution in [0.2, 0.25) is 0 Å². The molecule has 0 aliphatic carbocycles. The molecule has 0 saturated carbocycles. The molecule has 0 unspecified atom stereocenters. The van der Waals surface area contributed by atoms with E-state index in [1.54, 1.807) is 0 Å². The number of amides is 1. The van der Waals surface area contributed by atoms with Crippen molar-refractivity contribution < 1.29 is 19.2 Å². The summed E-state index contributed by atoms with van der Waals surface area (Å²) in [7, 11) is 0. The summed E-state index contributed by atoms with van der Waals surface area (Å²) in [6.07, 6.45) is 0.457. The lowest BCUT2D eigenvalue weighted by Crippen LogP contribution is -2.33. The summed E-state index contributed by atoms with van der Waals surface area (Å²) in [5, 5.41) is 15.7. The minimum absolute atomic E-state index is 0.0138. The average Bonchev–Trinajstić information content (AvgIpc) is 3.25. The molecule has 8 heteroatoms. The summed E-state index contributed by atoms with van der Waals surface area (Å²) in [5.74, 6) is -0.263. The van der Waals surface area contributed by atoms with E-state index in [-0.39, 0.29) is 35.6 Å². The van der Waals surface area contributed by atoms with Crippen molar-refractivity contribution in [2.75, 3.05) is 6.61 Å². The topological polar surface area (TPSA) is 98.5 Å². The second-order valence-electron chi connectivity index (χ2n) is 5.81. The maximum atomic E-state index is 12.4. The highest BCUT2D eigenvalue weighted by atomic mass is 32.1. The molecule has 2 aromatic carbocycles. The van der Waals surface area contributed by atoms with Gasteiger partial charge in [0.05, 0.1) is 16.5 Å². The molecule has 7 nitrogen and oxygen atoms in total. The van der Waals surface area contributed by atoms with Gasteiger partial charge >= 0.3 is 0 Å². The zero-order valence-corrected chi connectivity index (χ0v) is 15.4. The standard InChI is InChI=1S/C20H16N2O5S/c23-12-15-11-16(22(25)26)8-9-17(15)27-13-19(24)21-20(18-7-4-10-28-18)14-5-2-1-3-6-14/h1-12,20H,13H2,(H,21,24)/t20-/m1/s1. The SMILES string of the molecule is O=Cc1cc([N+](=O)[O-])ccc1OCC(=O)N[C@H](c1ccccc1)c1cccs1. The maximum Gasteiger partial charge on any atom is 0.270 e. The molecule has 0 radical (unpaired) electrons. The molecular weight excluding hydrogens is 380 g/mol. The second-order valence-corrected chi connectivity index (χ2v) is 6.79. The predicted molar refractivity (Wildman–Crippen MR) is 105 cm³/mol. The molecule has 0 aliphatic rings. The van der Waals surface area contributed by atoms with Crippen LogP contribution in [0.1, 0.15) is 26.8 Å². The number of nitro groups is 1. The van der Waals surface area contributed by atoms with Gasteiger partial charge in [0.2, 0.25) is 0 Å². The third kappa shape index (κ3) is 4.60. The van der Waals surface area contributed by atoms with Crippen LogP contribution in [0.4, 0.5) is 5.69 Å². The number of hydrogen-bond acceptors (Lipinski definition) is 6. The Morgan fingerprint density at radius 1 is 1.18 bits per heavy atom. The molecule has 0 spiro atoms. The van der Waals surface area contributed by atoms with E-state index in [9.17, 15) is 19.7 Å². The lowest BCUT2D eigenvalue weighted by atomic mass is 10.1. The van der Waals surface area contributed by atoms with Gasteiger partial charge < -0.3 is 10.1 Å². The van der Waals surface area contributed by atoms with E-state index in [0.717, 1.165) is 16.5 Å². The Morgan fingerprint density at radius 2 is 1.96 bits per heavy atom. The average molecular weight is 396 g/mol. The number of ether oxygens (including phenoxy) is 1. The highest BCUT2D eigenvalue weighted by molar-refractivity contribution is 7.10. The fraction of sp³-hybridized carbons (Fsp3) is 0.100. The fourth-order valence-electron chi connectivity index (χ4n) is 2.64. The van der Waals surface area contributed by atoms with E-state index >= 15 is 0 Å². The Kier molecular flexibility index (Phi) is 6.13. The Hall–Kier alpha value is -3.52. The van der Waals surface area contributed by atoms with E-state index < -0.39 is 4.92 Å².